The number of hydrogen-bond acceptors (Lipinski definition) is 5. The zero-order valence-corrected chi connectivity index (χ0v) is 14.9. The molecule has 0 atom stereocenters. The molecule has 3 N–H and O–H groups in total. The van der Waals surface area contributed by atoms with E-state index in [-0.39, 0.29) is 0 Å². The van der Waals surface area contributed by atoms with Gasteiger partial charge in [-0.1, -0.05) is 49.9 Å². The predicted molar refractivity (Wildman–Crippen MR) is 106 cm³/mol. The van der Waals surface area contributed by atoms with E-state index in [2.05, 4.69) is 47.1 Å². The second kappa shape index (κ2) is 7.65. The van der Waals surface area contributed by atoms with Crippen molar-refractivity contribution in [2.24, 2.45) is 5.92 Å². The zero-order valence-electron chi connectivity index (χ0n) is 14.9. The monoisotopic (exact) mass is 346 g/mol. The van der Waals surface area contributed by atoms with Crippen LogP contribution in [0.25, 0.3) is 22.3 Å². The van der Waals surface area contributed by atoms with E-state index >= 15 is 0 Å². The van der Waals surface area contributed by atoms with Crippen molar-refractivity contribution in [1.29, 1.82) is 0 Å². The Morgan fingerprint density at radius 3 is 2.88 bits per heavy atom. The number of rotatable bonds is 6. The predicted octanol–water partition coefficient (Wildman–Crippen LogP) is 3.68. The summed E-state index contributed by atoms with van der Waals surface area (Å²) in [6, 6.07) is 9.75. The number of nitrogens with two attached hydrogens (primary N) is 1. The van der Waals surface area contributed by atoms with Gasteiger partial charge in [0, 0.05) is 17.3 Å². The summed E-state index contributed by atoms with van der Waals surface area (Å²) in [5.74, 6) is 0.863. The Morgan fingerprint density at radius 2 is 2.12 bits per heavy atom. The molecule has 0 saturated carbocycles. The molecule has 0 unspecified atom stereocenters. The summed E-state index contributed by atoms with van der Waals surface area (Å²) in [7, 11) is 0. The van der Waals surface area contributed by atoms with Gasteiger partial charge in [-0.2, -0.15) is 0 Å². The first-order valence-corrected chi connectivity index (χ1v) is 8.42. The van der Waals surface area contributed by atoms with Gasteiger partial charge < -0.3 is 11.1 Å². The van der Waals surface area contributed by atoms with Crippen molar-refractivity contribution < 1.29 is 0 Å². The molecule has 1 aromatic carbocycles. The molecular weight excluding hydrogens is 324 g/mol. The Bertz CT molecular complexity index is 981. The third kappa shape index (κ3) is 3.64. The highest BCUT2D eigenvalue weighted by atomic mass is 15.4. The lowest BCUT2D eigenvalue weighted by Crippen LogP contribution is -2.04. The number of anilines is 1. The molecule has 132 valence electrons. The molecule has 0 fully saturated rings. The molecule has 3 rings (SSSR count). The van der Waals surface area contributed by atoms with Gasteiger partial charge in [0.2, 0.25) is 0 Å². The van der Waals surface area contributed by atoms with Crippen LogP contribution in [0.5, 0.6) is 0 Å². The molecule has 0 aliphatic heterocycles. The fourth-order valence-corrected chi connectivity index (χ4v) is 2.53. The molecule has 2 heterocycles. The van der Waals surface area contributed by atoms with Gasteiger partial charge >= 0.3 is 0 Å². The van der Waals surface area contributed by atoms with Crippen LogP contribution >= 0.6 is 0 Å². The molecule has 0 radical (unpaired) electrons. The first-order chi connectivity index (χ1) is 12.6. The van der Waals surface area contributed by atoms with Crippen LogP contribution in [0.15, 0.2) is 67.7 Å². The van der Waals surface area contributed by atoms with Gasteiger partial charge in [-0.15, -0.1) is 5.10 Å². The largest absolute Gasteiger partial charge is 0.383 e. The first-order valence-electron chi connectivity index (χ1n) is 8.42. The standard InChI is InChI=1S/C20H22N6/c1-4-22-12-15(10-9-14(2)3)17-11-16(13-23-20(17)21)26-19-8-6-5-7-18(19)24-25-26/h4-14,22H,1H2,2-3H3,(H2,21,23)/b10-9-,15-12+. The fourth-order valence-electron chi connectivity index (χ4n) is 2.53. The summed E-state index contributed by atoms with van der Waals surface area (Å²) in [6.45, 7) is 7.93. The van der Waals surface area contributed by atoms with E-state index in [1.54, 1.807) is 17.1 Å². The summed E-state index contributed by atoms with van der Waals surface area (Å²) in [4.78, 5) is 4.36. The Morgan fingerprint density at radius 1 is 1.31 bits per heavy atom. The minimum atomic E-state index is 0.416. The van der Waals surface area contributed by atoms with E-state index in [1.807, 2.05) is 42.6 Å². The number of nitrogen functional groups attached to an aromatic ring is 1. The molecule has 6 heteroatoms. The molecule has 3 aromatic rings. The van der Waals surface area contributed by atoms with Gasteiger partial charge in [0.15, 0.2) is 0 Å². The lowest BCUT2D eigenvalue weighted by Gasteiger charge is -2.10. The molecular formula is C20H22N6. The second-order valence-electron chi connectivity index (χ2n) is 6.19. The SMILES string of the molecule is C=CN/C=C(\C=C/C(C)C)c1cc(-n2nnc3ccccc32)cnc1N. The molecule has 0 spiro atoms. The zero-order chi connectivity index (χ0) is 18.5. The van der Waals surface area contributed by atoms with Gasteiger partial charge in [0.25, 0.3) is 0 Å². The number of benzene rings is 1. The number of hydrogen-bond donors (Lipinski definition) is 2. The fraction of sp³-hybridized carbons (Fsp3) is 0.150. The van der Waals surface area contributed by atoms with Gasteiger partial charge in [-0.05, 0) is 30.3 Å². The molecule has 0 bridgehead atoms. The maximum atomic E-state index is 6.15. The van der Waals surface area contributed by atoms with E-state index in [1.165, 1.54) is 0 Å². The Labute approximate surface area is 152 Å². The van der Waals surface area contributed by atoms with Crippen molar-refractivity contribution in [3.05, 3.63) is 73.2 Å². The van der Waals surface area contributed by atoms with Crippen LogP contribution in [0.3, 0.4) is 0 Å². The van der Waals surface area contributed by atoms with E-state index < -0.39 is 0 Å². The number of nitrogens with one attached hydrogen (secondary N) is 1. The second-order valence-corrected chi connectivity index (χ2v) is 6.19. The summed E-state index contributed by atoms with van der Waals surface area (Å²) in [6.07, 6.45) is 9.29. The molecule has 0 aliphatic rings. The van der Waals surface area contributed by atoms with Crippen molar-refractivity contribution in [2.45, 2.75) is 13.8 Å². The van der Waals surface area contributed by atoms with Gasteiger partial charge in [-0.3, -0.25) is 0 Å². The van der Waals surface area contributed by atoms with Crippen LogP contribution in [-0.4, -0.2) is 20.0 Å². The van der Waals surface area contributed by atoms with Crippen molar-refractivity contribution in [3.8, 4) is 5.69 Å². The van der Waals surface area contributed by atoms with Gasteiger partial charge in [-0.25, -0.2) is 9.67 Å². The minimum Gasteiger partial charge on any atom is -0.383 e. The maximum absolute atomic E-state index is 6.15. The van der Waals surface area contributed by atoms with E-state index in [9.17, 15) is 0 Å². The smallest absolute Gasteiger partial charge is 0.131 e. The first kappa shape index (κ1) is 17.4. The van der Waals surface area contributed by atoms with Crippen LogP contribution in [0.4, 0.5) is 5.82 Å². The van der Waals surface area contributed by atoms with E-state index in [0.717, 1.165) is 27.9 Å². The third-order valence-electron chi connectivity index (χ3n) is 3.83. The quantitative estimate of drug-likeness (QED) is 0.665. The molecule has 2 aromatic heterocycles. The lowest BCUT2D eigenvalue weighted by atomic mass is 10.0. The molecule has 0 amide bonds. The highest BCUT2D eigenvalue weighted by molar-refractivity contribution is 5.81. The van der Waals surface area contributed by atoms with Crippen LogP contribution in [0, 0.1) is 5.92 Å². The Hall–Kier alpha value is -3.41. The normalized spacial score (nSPS) is 12.2. The Balaban J connectivity index is 2.10. The average Bonchev–Trinajstić information content (AvgIpc) is 3.07. The van der Waals surface area contributed by atoms with Crippen molar-refractivity contribution in [2.75, 3.05) is 5.73 Å². The summed E-state index contributed by atoms with van der Waals surface area (Å²) in [5.41, 5.74) is 10.4. The van der Waals surface area contributed by atoms with Crippen LogP contribution < -0.4 is 11.1 Å². The van der Waals surface area contributed by atoms with Crippen LogP contribution in [0.1, 0.15) is 19.4 Å². The van der Waals surface area contributed by atoms with E-state index in [0.29, 0.717) is 11.7 Å². The highest BCUT2D eigenvalue weighted by Gasteiger charge is 2.11. The molecule has 0 saturated heterocycles. The number of para-hydroxylation sites is 1. The number of fused-ring (bicyclic) bond motifs is 1. The van der Waals surface area contributed by atoms with E-state index in [4.69, 9.17) is 5.73 Å². The topological polar surface area (TPSA) is 81.7 Å². The molecule has 26 heavy (non-hydrogen) atoms. The number of pyridine rings is 1. The molecule has 0 aliphatic carbocycles. The molecule has 6 nitrogen and oxygen atoms in total. The van der Waals surface area contributed by atoms with Crippen molar-refractivity contribution in [3.63, 3.8) is 0 Å². The van der Waals surface area contributed by atoms with Gasteiger partial charge in [0.05, 0.1) is 17.4 Å². The number of allylic oxidation sites excluding steroid dienone is 3. The van der Waals surface area contributed by atoms with Gasteiger partial charge in [0.1, 0.15) is 11.3 Å². The van der Waals surface area contributed by atoms with Crippen molar-refractivity contribution >= 4 is 22.4 Å². The third-order valence-corrected chi connectivity index (χ3v) is 3.83. The summed E-state index contributed by atoms with van der Waals surface area (Å²) in [5, 5.41) is 11.5. The van der Waals surface area contributed by atoms with Crippen LogP contribution in [0.2, 0.25) is 0 Å². The number of aromatic nitrogens is 4. The van der Waals surface area contributed by atoms with Crippen LogP contribution in [-0.2, 0) is 0 Å². The summed E-state index contributed by atoms with van der Waals surface area (Å²) < 4.78 is 1.76. The minimum absolute atomic E-state index is 0.416. The summed E-state index contributed by atoms with van der Waals surface area (Å²) >= 11 is 0. The number of nitrogens with zero attached hydrogens (tertiary/aromatic N) is 4. The van der Waals surface area contributed by atoms with Crippen molar-refractivity contribution in [1.82, 2.24) is 25.3 Å². The average molecular weight is 346 g/mol. The highest BCUT2D eigenvalue weighted by Crippen LogP contribution is 2.25. The maximum Gasteiger partial charge on any atom is 0.131 e. The lowest BCUT2D eigenvalue weighted by molar-refractivity contribution is 0.820. The Kier molecular flexibility index (Phi) is 5.12.